The molecular weight excluding hydrogens is 359 g/mol. The number of benzene rings is 1. The summed E-state index contributed by atoms with van der Waals surface area (Å²) in [6.07, 6.45) is 1.68. The second kappa shape index (κ2) is 7.84. The van der Waals surface area contributed by atoms with Crippen molar-refractivity contribution in [2.75, 3.05) is 12.4 Å². The lowest BCUT2D eigenvalue weighted by Crippen LogP contribution is -2.31. The van der Waals surface area contributed by atoms with E-state index in [0.717, 1.165) is 33.9 Å². The van der Waals surface area contributed by atoms with E-state index in [0.29, 0.717) is 6.54 Å². The van der Waals surface area contributed by atoms with E-state index in [1.165, 1.54) is 12.1 Å². The summed E-state index contributed by atoms with van der Waals surface area (Å²) in [4.78, 5) is 14.3. The SMILES string of the molecule is Cc1nn(C(C)C)c(C)c1NC(=O)N(C)Cc1cn[nH]c1-c1ccc(F)cc1. The van der Waals surface area contributed by atoms with Gasteiger partial charge in [0, 0.05) is 24.2 Å². The lowest BCUT2D eigenvalue weighted by Gasteiger charge is -2.18. The Labute approximate surface area is 163 Å². The number of amides is 2. The van der Waals surface area contributed by atoms with E-state index in [-0.39, 0.29) is 17.9 Å². The monoisotopic (exact) mass is 384 g/mol. The molecule has 0 aliphatic rings. The molecule has 8 heteroatoms. The van der Waals surface area contributed by atoms with Gasteiger partial charge in [0.1, 0.15) is 5.82 Å². The second-order valence-electron chi connectivity index (χ2n) is 7.15. The van der Waals surface area contributed by atoms with E-state index in [4.69, 9.17) is 0 Å². The molecule has 0 aliphatic carbocycles. The standard InChI is InChI=1S/C20H25FN6O/c1-12(2)27-14(4)18(13(3)25-27)23-20(28)26(5)11-16-10-22-24-19(16)15-6-8-17(21)9-7-15/h6-10,12H,11H2,1-5H3,(H,22,24)(H,23,28). The number of halogens is 1. The summed E-state index contributed by atoms with van der Waals surface area (Å²) in [6, 6.07) is 6.13. The number of aromatic nitrogens is 4. The first-order chi connectivity index (χ1) is 13.3. The quantitative estimate of drug-likeness (QED) is 0.689. The maximum atomic E-state index is 13.2. The van der Waals surface area contributed by atoms with Gasteiger partial charge in [-0.05, 0) is 52.0 Å². The Kier molecular flexibility index (Phi) is 5.48. The molecule has 0 atom stereocenters. The van der Waals surface area contributed by atoms with Crippen LogP contribution in [-0.4, -0.2) is 38.0 Å². The van der Waals surface area contributed by atoms with Crippen LogP contribution in [0.15, 0.2) is 30.5 Å². The minimum Gasteiger partial charge on any atom is -0.323 e. The van der Waals surface area contributed by atoms with Crippen molar-refractivity contribution < 1.29 is 9.18 Å². The molecule has 0 spiro atoms. The van der Waals surface area contributed by atoms with Gasteiger partial charge in [-0.1, -0.05) is 0 Å². The Hall–Kier alpha value is -3.16. The van der Waals surface area contributed by atoms with Gasteiger partial charge in [-0.2, -0.15) is 10.2 Å². The van der Waals surface area contributed by atoms with E-state index >= 15 is 0 Å². The van der Waals surface area contributed by atoms with E-state index in [9.17, 15) is 9.18 Å². The van der Waals surface area contributed by atoms with Gasteiger partial charge in [0.25, 0.3) is 0 Å². The number of carbonyl (C=O) groups is 1. The largest absolute Gasteiger partial charge is 0.323 e. The fraction of sp³-hybridized carbons (Fsp3) is 0.350. The van der Waals surface area contributed by atoms with Crippen molar-refractivity contribution in [1.29, 1.82) is 0 Å². The minimum absolute atomic E-state index is 0.214. The van der Waals surface area contributed by atoms with Crippen molar-refractivity contribution in [2.45, 2.75) is 40.3 Å². The highest BCUT2D eigenvalue weighted by Crippen LogP contribution is 2.24. The van der Waals surface area contributed by atoms with Gasteiger partial charge in [0.2, 0.25) is 0 Å². The molecule has 0 saturated heterocycles. The summed E-state index contributed by atoms with van der Waals surface area (Å²) in [5, 5.41) is 14.5. The lowest BCUT2D eigenvalue weighted by molar-refractivity contribution is 0.220. The summed E-state index contributed by atoms with van der Waals surface area (Å²) >= 11 is 0. The van der Waals surface area contributed by atoms with Crippen molar-refractivity contribution in [1.82, 2.24) is 24.9 Å². The summed E-state index contributed by atoms with van der Waals surface area (Å²) in [5.41, 5.74) is 4.85. The Morgan fingerprint density at radius 3 is 2.57 bits per heavy atom. The van der Waals surface area contributed by atoms with Crippen molar-refractivity contribution >= 4 is 11.7 Å². The minimum atomic E-state index is -0.297. The molecule has 2 heterocycles. The zero-order chi connectivity index (χ0) is 20.4. The highest BCUT2D eigenvalue weighted by atomic mass is 19.1. The van der Waals surface area contributed by atoms with Crippen molar-refractivity contribution in [2.24, 2.45) is 0 Å². The Balaban J connectivity index is 1.74. The predicted molar refractivity (Wildman–Crippen MR) is 107 cm³/mol. The average molecular weight is 384 g/mol. The van der Waals surface area contributed by atoms with Crippen LogP contribution in [-0.2, 0) is 6.54 Å². The zero-order valence-electron chi connectivity index (χ0n) is 16.7. The Bertz CT molecular complexity index is 973. The number of hydrogen-bond donors (Lipinski definition) is 2. The van der Waals surface area contributed by atoms with Crippen molar-refractivity contribution in [3.63, 3.8) is 0 Å². The molecule has 1 aromatic carbocycles. The first-order valence-corrected chi connectivity index (χ1v) is 9.14. The number of nitrogens with zero attached hydrogens (tertiary/aromatic N) is 4. The van der Waals surface area contributed by atoms with Gasteiger partial charge in [-0.15, -0.1) is 0 Å². The topological polar surface area (TPSA) is 78.8 Å². The van der Waals surface area contributed by atoms with Crippen LogP contribution < -0.4 is 5.32 Å². The molecule has 3 rings (SSSR count). The fourth-order valence-corrected chi connectivity index (χ4v) is 3.17. The summed E-state index contributed by atoms with van der Waals surface area (Å²) in [5.74, 6) is -0.297. The van der Waals surface area contributed by atoms with E-state index in [1.807, 2.05) is 32.4 Å². The second-order valence-corrected chi connectivity index (χ2v) is 7.15. The van der Waals surface area contributed by atoms with Crippen LogP contribution in [0.5, 0.6) is 0 Å². The van der Waals surface area contributed by atoms with Crippen LogP contribution in [0.3, 0.4) is 0 Å². The van der Waals surface area contributed by atoms with E-state index < -0.39 is 0 Å². The van der Waals surface area contributed by atoms with Crippen LogP contribution in [0.4, 0.5) is 14.9 Å². The zero-order valence-corrected chi connectivity index (χ0v) is 16.7. The number of carbonyl (C=O) groups excluding carboxylic acids is 1. The molecule has 28 heavy (non-hydrogen) atoms. The van der Waals surface area contributed by atoms with Crippen LogP contribution in [0.2, 0.25) is 0 Å². The first-order valence-electron chi connectivity index (χ1n) is 9.14. The number of H-pyrrole nitrogens is 1. The number of urea groups is 1. The first kappa shape index (κ1) is 19.6. The molecule has 0 saturated carbocycles. The number of aryl methyl sites for hydroxylation is 1. The van der Waals surface area contributed by atoms with E-state index in [1.54, 1.807) is 30.3 Å². The van der Waals surface area contributed by atoms with Gasteiger partial charge in [-0.3, -0.25) is 9.78 Å². The van der Waals surface area contributed by atoms with Crippen LogP contribution in [0.1, 0.15) is 36.8 Å². The molecule has 2 aromatic heterocycles. The highest BCUT2D eigenvalue weighted by Gasteiger charge is 2.19. The molecule has 148 valence electrons. The van der Waals surface area contributed by atoms with Gasteiger partial charge >= 0.3 is 6.03 Å². The van der Waals surface area contributed by atoms with Crippen molar-refractivity contribution in [3.8, 4) is 11.3 Å². The molecular formula is C20H25FN6O. The normalized spacial score (nSPS) is 11.1. The van der Waals surface area contributed by atoms with Gasteiger partial charge in [0.05, 0.1) is 35.5 Å². The summed E-state index contributed by atoms with van der Waals surface area (Å²) in [7, 11) is 1.72. The molecule has 0 bridgehead atoms. The summed E-state index contributed by atoms with van der Waals surface area (Å²) in [6.45, 7) is 8.27. The van der Waals surface area contributed by atoms with Gasteiger partial charge in [0.15, 0.2) is 0 Å². The van der Waals surface area contributed by atoms with Crippen LogP contribution in [0.25, 0.3) is 11.3 Å². The number of hydrogen-bond acceptors (Lipinski definition) is 3. The number of nitrogens with one attached hydrogen (secondary N) is 2. The van der Waals surface area contributed by atoms with Crippen LogP contribution in [0, 0.1) is 19.7 Å². The third-order valence-corrected chi connectivity index (χ3v) is 4.65. The molecule has 2 amide bonds. The predicted octanol–water partition coefficient (Wildman–Crippen LogP) is 4.27. The van der Waals surface area contributed by atoms with Gasteiger partial charge in [-0.25, -0.2) is 9.18 Å². The molecule has 3 aromatic rings. The Morgan fingerprint density at radius 1 is 1.29 bits per heavy atom. The van der Waals surface area contributed by atoms with Crippen molar-refractivity contribution in [3.05, 3.63) is 53.2 Å². The maximum absolute atomic E-state index is 13.2. The number of anilines is 1. The van der Waals surface area contributed by atoms with Crippen LogP contribution >= 0.6 is 0 Å². The number of rotatable bonds is 5. The lowest BCUT2D eigenvalue weighted by atomic mass is 10.1. The Morgan fingerprint density at radius 2 is 1.96 bits per heavy atom. The highest BCUT2D eigenvalue weighted by molar-refractivity contribution is 5.90. The fourth-order valence-electron chi connectivity index (χ4n) is 3.17. The molecule has 0 fully saturated rings. The maximum Gasteiger partial charge on any atom is 0.321 e. The molecule has 2 N–H and O–H groups in total. The molecule has 7 nitrogen and oxygen atoms in total. The molecule has 0 aliphatic heterocycles. The summed E-state index contributed by atoms with van der Waals surface area (Å²) < 4.78 is 15.1. The molecule has 0 unspecified atom stereocenters. The third kappa shape index (κ3) is 3.90. The molecule has 0 radical (unpaired) electrons. The van der Waals surface area contributed by atoms with E-state index in [2.05, 4.69) is 20.6 Å². The average Bonchev–Trinajstić information content (AvgIpc) is 3.21. The number of aromatic amines is 1. The third-order valence-electron chi connectivity index (χ3n) is 4.65. The smallest absolute Gasteiger partial charge is 0.321 e. The van der Waals surface area contributed by atoms with Gasteiger partial charge < -0.3 is 10.2 Å².